The summed E-state index contributed by atoms with van der Waals surface area (Å²) in [5.74, 6) is 1.87. The Morgan fingerprint density at radius 1 is 1.40 bits per heavy atom. The molecule has 1 saturated carbocycles. The van der Waals surface area contributed by atoms with Crippen LogP contribution >= 0.6 is 0 Å². The van der Waals surface area contributed by atoms with E-state index in [4.69, 9.17) is 0 Å². The van der Waals surface area contributed by atoms with Crippen LogP contribution in [0.4, 0.5) is 17.3 Å². The van der Waals surface area contributed by atoms with Crippen molar-refractivity contribution in [2.24, 2.45) is 5.92 Å². The van der Waals surface area contributed by atoms with Gasteiger partial charge in [-0.3, -0.25) is 10.1 Å². The zero-order chi connectivity index (χ0) is 14.5. The zero-order valence-electron chi connectivity index (χ0n) is 12.1. The number of rotatable bonds is 5. The summed E-state index contributed by atoms with van der Waals surface area (Å²) in [6.45, 7) is 0.914. The smallest absolute Gasteiger partial charge is 0.276 e. The minimum atomic E-state index is -0.375. The summed E-state index contributed by atoms with van der Waals surface area (Å²) < 4.78 is 0. The normalized spacial score (nSPS) is 15.9. The van der Waals surface area contributed by atoms with E-state index in [1.807, 2.05) is 11.9 Å². The second kappa shape index (κ2) is 6.54. The number of nitro groups is 1. The number of pyridine rings is 1. The SMILES string of the molecule is CNc1cc([N+](=O)[O-])cc(N(C)CC2CCCCC2)n1. The number of hydrogen-bond donors (Lipinski definition) is 1. The second-order valence-corrected chi connectivity index (χ2v) is 5.46. The Bertz CT molecular complexity index is 472. The molecule has 0 bridgehead atoms. The van der Waals surface area contributed by atoms with Gasteiger partial charge in [0.1, 0.15) is 11.6 Å². The van der Waals surface area contributed by atoms with Gasteiger partial charge in [0.15, 0.2) is 0 Å². The third kappa shape index (κ3) is 3.59. The van der Waals surface area contributed by atoms with E-state index in [2.05, 4.69) is 10.3 Å². The standard InChI is InChI=1S/C14H22N4O2/c1-15-13-8-12(18(19)20)9-14(16-13)17(2)10-11-6-4-3-5-7-11/h8-9,11H,3-7,10H2,1-2H3,(H,15,16). The van der Waals surface area contributed by atoms with Crippen molar-refractivity contribution in [3.05, 3.63) is 22.2 Å². The number of nitrogens with one attached hydrogen (secondary N) is 1. The Hall–Kier alpha value is -1.85. The average Bonchev–Trinajstić information content (AvgIpc) is 2.47. The van der Waals surface area contributed by atoms with Gasteiger partial charge in [-0.2, -0.15) is 0 Å². The average molecular weight is 278 g/mol. The van der Waals surface area contributed by atoms with Crippen molar-refractivity contribution in [3.8, 4) is 0 Å². The van der Waals surface area contributed by atoms with Crippen LogP contribution in [0.3, 0.4) is 0 Å². The van der Waals surface area contributed by atoms with Crippen LogP contribution in [0.15, 0.2) is 12.1 Å². The summed E-state index contributed by atoms with van der Waals surface area (Å²) in [5.41, 5.74) is 0.0786. The molecule has 0 spiro atoms. The summed E-state index contributed by atoms with van der Waals surface area (Å²) in [4.78, 5) is 17.0. The fourth-order valence-electron chi connectivity index (χ4n) is 2.78. The molecule has 1 fully saturated rings. The molecule has 0 unspecified atom stereocenters. The molecule has 0 saturated heterocycles. The molecule has 2 rings (SSSR count). The summed E-state index contributed by atoms with van der Waals surface area (Å²) in [6, 6.07) is 3.00. The van der Waals surface area contributed by atoms with Crippen molar-refractivity contribution in [1.29, 1.82) is 0 Å². The predicted molar refractivity (Wildman–Crippen MR) is 80.3 cm³/mol. The quantitative estimate of drug-likeness (QED) is 0.662. The highest BCUT2D eigenvalue weighted by Gasteiger charge is 2.18. The van der Waals surface area contributed by atoms with E-state index >= 15 is 0 Å². The Labute approximate surface area is 119 Å². The first-order valence-corrected chi connectivity index (χ1v) is 7.15. The number of nitrogens with zero attached hydrogens (tertiary/aromatic N) is 3. The van der Waals surface area contributed by atoms with Crippen LogP contribution in [0.25, 0.3) is 0 Å². The van der Waals surface area contributed by atoms with Crippen molar-refractivity contribution in [1.82, 2.24) is 4.98 Å². The maximum absolute atomic E-state index is 11.0. The van der Waals surface area contributed by atoms with Gasteiger partial charge in [0.2, 0.25) is 0 Å². The van der Waals surface area contributed by atoms with Gasteiger partial charge in [-0.25, -0.2) is 4.98 Å². The first-order valence-electron chi connectivity index (χ1n) is 7.15. The zero-order valence-corrected chi connectivity index (χ0v) is 12.1. The lowest BCUT2D eigenvalue weighted by atomic mass is 9.89. The van der Waals surface area contributed by atoms with E-state index in [1.54, 1.807) is 13.1 Å². The molecule has 1 aromatic rings. The lowest BCUT2D eigenvalue weighted by Crippen LogP contribution is -2.27. The van der Waals surface area contributed by atoms with E-state index < -0.39 is 0 Å². The van der Waals surface area contributed by atoms with Crippen LogP contribution in [-0.2, 0) is 0 Å². The fraction of sp³-hybridized carbons (Fsp3) is 0.643. The molecule has 110 valence electrons. The van der Waals surface area contributed by atoms with E-state index in [1.165, 1.54) is 38.2 Å². The molecular formula is C14H22N4O2. The van der Waals surface area contributed by atoms with Gasteiger partial charge >= 0.3 is 0 Å². The van der Waals surface area contributed by atoms with Crippen LogP contribution in [-0.4, -0.2) is 30.5 Å². The second-order valence-electron chi connectivity index (χ2n) is 5.46. The Kier molecular flexibility index (Phi) is 4.76. The molecule has 1 N–H and O–H groups in total. The maximum atomic E-state index is 11.0. The largest absolute Gasteiger partial charge is 0.373 e. The highest BCUT2D eigenvalue weighted by atomic mass is 16.6. The molecule has 0 aliphatic heterocycles. The number of aromatic nitrogens is 1. The summed E-state index contributed by atoms with van der Waals surface area (Å²) in [6.07, 6.45) is 6.42. The highest BCUT2D eigenvalue weighted by Crippen LogP contribution is 2.27. The molecule has 1 heterocycles. The van der Waals surface area contributed by atoms with Crippen molar-refractivity contribution < 1.29 is 4.92 Å². The summed E-state index contributed by atoms with van der Waals surface area (Å²) in [5, 5.41) is 13.8. The molecule has 20 heavy (non-hydrogen) atoms. The molecule has 1 aromatic heterocycles. The minimum Gasteiger partial charge on any atom is -0.373 e. The van der Waals surface area contributed by atoms with Gasteiger partial charge in [0.25, 0.3) is 5.69 Å². The van der Waals surface area contributed by atoms with Gasteiger partial charge in [-0.05, 0) is 18.8 Å². The molecule has 0 radical (unpaired) electrons. The molecule has 1 aliphatic rings. The molecule has 0 amide bonds. The van der Waals surface area contributed by atoms with Crippen molar-refractivity contribution in [3.63, 3.8) is 0 Å². The maximum Gasteiger partial charge on any atom is 0.276 e. The van der Waals surface area contributed by atoms with Crippen molar-refractivity contribution in [2.75, 3.05) is 30.9 Å². The first-order chi connectivity index (χ1) is 9.60. The minimum absolute atomic E-state index is 0.0786. The summed E-state index contributed by atoms with van der Waals surface area (Å²) >= 11 is 0. The number of anilines is 2. The van der Waals surface area contributed by atoms with E-state index in [0.717, 1.165) is 6.54 Å². The van der Waals surface area contributed by atoms with Crippen LogP contribution in [0.2, 0.25) is 0 Å². The fourth-order valence-corrected chi connectivity index (χ4v) is 2.78. The monoisotopic (exact) mass is 278 g/mol. The predicted octanol–water partition coefficient (Wildman–Crippen LogP) is 3.05. The molecule has 6 nitrogen and oxygen atoms in total. The van der Waals surface area contributed by atoms with Gasteiger partial charge in [-0.15, -0.1) is 0 Å². The third-order valence-electron chi connectivity index (χ3n) is 3.91. The van der Waals surface area contributed by atoms with Crippen molar-refractivity contribution >= 4 is 17.3 Å². The van der Waals surface area contributed by atoms with Crippen LogP contribution in [0.5, 0.6) is 0 Å². The van der Waals surface area contributed by atoms with E-state index in [-0.39, 0.29) is 10.6 Å². The van der Waals surface area contributed by atoms with Gasteiger partial charge in [0.05, 0.1) is 17.1 Å². The van der Waals surface area contributed by atoms with Gasteiger partial charge in [0, 0.05) is 20.6 Å². The van der Waals surface area contributed by atoms with Crippen molar-refractivity contribution in [2.45, 2.75) is 32.1 Å². The van der Waals surface area contributed by atoms with Crippen LogP contribution < -0.4 is 10.2 Å². The van der Waals surface area contributed by atoms with E-state index in [0.29, 0.717) is 17.6 Å². The first kappa shape index (κ1) is 14.6. The van der Waals surface area contributed by atoms with Crippen LogP contribution in [0.1, 0.15) is 32.1 Å². The van der Waals surface area contributed by atoms with Gasteiger partial charge in [-0.1, -0.05) is 19.3 Å². The van der Waals surface area contributed by atoms with E-state index in [9.17, 15) is 10.1 Å². The third-order valence-corrected chi connectivity index (χ3v) is 3.91. The lowest BCUT2D eigenvalue weighted by Gasteiger charge is -2.27. The van der Waals surface area contributed by atoms with Gasteiger partial charge < -0.3 is 10.2 Å². The summed E-state index contributed by atoms with van der Waals surface area (Å²) in [7, 11) is 3.68. The highest BCUT2D eigenvalue weighted by molar-refractivity contribution is 5.55. The Morgan fingerprint density at radius 3 is 2.70 bits per heavy atom. The number of hydrogen-bond acceptors (Lipinski definition) is 5. The molecular weight excluding hydrogens is 256 g/mol. The molecule has 0 aromatic carbocycles. The molecule has 1 aliphatic carbocycles. The topological polar surface area (TPSA) is 71.3 Å². The molecule has 6 heteroatoms. The lowest BCUT2D eigenvalue weighted by molar-refractivity contribution is -0.384. The Balaban J connectivity index is 2.13. The van der Waals surface area contributed by atoms with Crippen LogP contribution in [0, 0.1) is 16.0 Å². The Morgan fingerprint density at radius 2 is 2.10 bits per heavy atom. The molecule has 0 atom stereocenters.